The van der Waals surface area contributed by atoms with E-state index < -0.39 is 5.41 Å². The number of rotatable bonds is 4. The van der Waals surface area contributed by atoms with Gasteiger partial charge in [0.05, 0.1) is 12.5 Å². The molecule has 1 saturated heterocycles. The first-order valence-corrected chi connectivity index (χ1v) is 8.77. The molecule has 0 aliphatic carbocycles. The van der Waals surface area contributed by atoms with Crippen LogP contribution in [0.5, 0.6) is 5.75 Å². The van der Waals surface area contributed by atoms with Crippen molar-refractivity contribution >= 4 is 11.6 Å². The van der Waals surface area contributed by atoms with Gasteiger partial charge in [0, 0.05) is 18.9 Å². The SMILES string of the molecule is COc1c(C)cc(NC(=O)C2(c3ccc(F)cc3)CCOCC2)cc1C. The maximum Gasteiger partial charge on any atom is 0.235 e. The second-order valence-electron chi connectivity index (χ2n) is 6.80. The van der Waals surface area contributed by atoms with Gasteiger partial charge in [0.2, 0.25) is 5.91 Å². The van der Waals surface area contributed by atoms with Gasteiger partial charge >= 0.3 is 0 Å². The largest absolute Gasteiger partial charge is 0.496 e. The van der Waals surface area contributed by atoms with E-state index in [0.29, 0.717) is 26.1 Å². The van der Waals surface area contributed by atoms with E-state index in [1.807, 2.05) is 26.0 Å². The average Bonchev–Trinajstić information content (AvgIpc) is 2.62. The molecule has 0 spiro atoms. The lowest BCUT2D eigenvalue weighted by atomic mass is 9.73. The quantitative estimate of drug-likeness (QED) is 0.895. The van der Waals surface area contributed by atoms with Gasteiger partial charge in [0.25, 0.3) is 0 Å². The van der Waals surface area contributed by atoms with Crippen LogP contribution in [0.15, 0.2) is 36.4 Å². The van der Waals surface area contributed by atoms with Crippen molar-refractivity contribution in [2.45, 2.75) is 32.1 Å². The number of hydrogen-bond donors (Lipinski definition) is 1. The molecule has 1 heterocycles. The zero-order valence-corrected chi connectivity index (χ0v) is 15.4. The molecule has 0 bridgehead atoms. The number of nitrogens with one attached hydrogen (secondary N) is 1. The van der Waals surface area contributed by atoms with Gasteiger partial charge in [-0.3, -0.25) is 4.79 Å². The predicted octanol–water partition coefficient (Wildman–Crippen LogP) is 4.14. The molecular weight excluding hydrogens is 333 g/mol. The molecule has 1 aliphatic heterocycles. The number of aryl methyl sites for hydroxylation is 2. The van der Waals surface area contributed by atoms with E-state index in [2.05, 4.69) is 5.32 Å². The molecular formula is C21H24FNO3. The third-order valence-corrected chi connectivity index (χ3v) is 5.10. The molecule has 2 aromatic rings. The van der Waals surface area contributed by atoms with Crippen LogP contribution in [0.1, 0.15) is 29.5 Å². The number of methoxy groups -OCH3 is 1. The van der Waals surface area contributed by atoms with Crippen molar-refractivity contribution < 1.29 is 18.7 Å². The normalized spacial score (nSPS) is 16.2. The third-order valence-electron chi connectivity index (χ3n) is 5.10. The van der Waals surface area contributed by atoms with Crippen LogP contribution in [0, 0.1) is 19.7 Å². The molecule has 0 atom stereocenters. The van der Waals surface area contributed by atoms with Crippen molar-refractivity contribution in [1.82, 2.24) is 0 Å². The number of amides is 1. The summed E-state index contributed by atoms with van der Waals surface area (Å²) in [4.78, 5) is 13.3. The fraction of sp³-hybridized carbons (Fsp3) is 0.381. The molecule has 26 heavy (non-hydrogen) atoms. The zero-order valence-electron chi connectivity index (χ0n) is 15.4. The van der Waals surface area contributed by atoms with E-state index >= 15 is 0 Å². The summed E-state index contributed by atoms with van der Waals surface area (Å²) in [7, 11) is 1.64. The number of carbonyl (C=O) groups excluding carboxylic acids is 1. The van der Waals surface area contributed by atoms with Crippen molar-refractivity contribution in [3.63, 3.8) is 0 Å². The Morgan fingerprint density at radius 3 is 2.23 bits per heavy atom. The number of benzene rings is 2. The van der Waals surface area contributed by atoms with Gasteiger partial charge in [0.15, 0.2) is 0 Å². The Kier molecular flexibility index (Phi) is 5.28. The number of anilines is 1. The maximum atomic E-state index is 13.3. The highest BCUT2D eigenvalue weighted by Gasteiger charge is 2.41. The van der Waals surface area contributed by atoms with Crippen LogP contribution in [0.2, 0.25) is 0 Å². The van der Waals surface area contributed by atoms with E-state index in [9.17, 15) is 9.18 Å². The highest BCUT2D eigenvalue weighted by atomic mass is 19.1. The van der Waals surface area contributed by atoms with Crippen molar-refractivity contribution in [2.24, 2.45) is 0 Å². The van der Waals surface area contributed by atoms with Crippen LogP contribution >= 0.6 is 0 Å². The van der Waals surface area contributed by atoms with Gasteiger partial charge in [-0.05, 0) is 67.6 Å². The minimum absolute atomic E-state index is 0.0867. The van der Waals surface area contributed by atoms with Crippen molar-refractivity contribution in [3.8, 4) is 5.75 Å². The maximum absolute atomic E-state index is 13.3. The Bertz CT molecular complexity index is 772. The number of carbonyl (C=O) groups is 1. The molecule has 0 unspecified atom stereocenters. The van der Waals surface area contributed by atoms with Gasteiger partial charge in [-0.2, -0.15) is 0 Å². The summed E-state index contributed by atoms with van der Waals surface area (Å²) in [6, 6.07) is 10.0. The van der Waals surface area contributed by atoms with Gasteiger partial charge < -0.3 is 14.8 Å². The number of hydrogen-bond acceptors (Lipinski definition) is 3. The Morgan fingerprint density at radius 2 is 1.69 bits per heavy atom. The highest BCUT2D eigenvalue weighted by molar-refractivity contribution is 5.99. The van der Waals surface area contributed by atoms with E-state index in [4.69, 9.17) is 9.47 Å². The zero-order chi connectivity index (χ0) is 18.7. The smallest absolute Gasteiger partial charge is 0.235 e. The number of ether oxygens (including phenoxy) is 2. The monoisotopic (exact) mass is 357 g/mol. The summed E-state index contributed by atoms with van der Waals surface area (Å²) in [6.45, 7) is 4.91. The molecule has 1 fully saturated rings. The molecule has 1 amide bonds. The van der Waals surface area contributed by atoms with Crippen molar-refractivity contribution in [3.05, 3.63) is 58.9 Å². The summed E-state index contributed by atoms with van der Waals surface area (Å²) in [6.07, 6.45) is 1.14. The number of halogens is 1. The highest BCUT2D eigenvalue weighted by Crippen LogP contribution is 2.37. The standard InChI is InChI=1S/C21H24FNO3/c1-14-12-18(13-15(2)19(14)25-3)23-20(24)21(8-10-26-11-9-21)16-4-6-17(22)7-5-16/h4-7,12-13H,8-11H2,1-3H3,(H,23,24). The topological polar surface area (TPSA) is 47.6 Å². The molecule has 3 rings (SSSR count). The van der Waals surface area contributed by atoms with Crippen LogP contribution in [0.3, 0.4) is 0 Å². The molecule has 0 radical (unpaired) electrons. The van der Waals surface area contributed by atoms with Crippen LogP contribution in [0.25, 0.3) is 0 Å². The molecule has 0 saturated carbocycles. The van der Waals surface area contributed by atoms with E-state index in [1.54, 1.807) is 19.2 Å². The lowest BCUT2D eigenvalue weighted by Crippen LogP contribution is -2.44. The average molecular weight is 357 g/mol. The fourth-order valence-corrected chi connectivity index (χ4v) is 3.73. The Balaban J connectivity index is 1.93. The Labute approximate surface area is 153 Å². The molecule has 4 nitrogen and oxygen atoms in total. The first-order chi connectivity index (χ1) is 12.5. The minimum atomic E-state index is -0.715. The van der Waals surface area contributed by atoms with E-state index in [1.165, 1.54) is 12.1 Å². The Morgan fingerprint density at radius 1 is 1.12 bits per heavy atom. The van der Waals surface area contributed by atoms with Crippen LogP contribution in [-0.2, 0) is 14.9 Å². The molecule has 1 N–H and O–H groups in total. The molecule has 1 aliphatic rings. The molecule has 5 heteroatoms. The van der Waals surface area contributed by atoms with Crippen molar-refractivity contribution in [2.75, 3.05) is 25.6 Å². The summed E-state index contributed by atoms with van der Waals surface area (Å²) in [5.74, 6) is 0.427. The summed E-state index contributed by atoms with van der Waals surface area (Å²) < 4.78 is 24.2. The van der Waals surface area contributed by atoms with Crippen LogP contribution in [-0.4, -0.2) is 26.2 Å². The van der Waals surface area contributed by atoms with Crippen LogP contribution in [0.4, 0.5) is 10.1 Å². The minimum Gasteiger partial charge on any atom is -0.496 e. The molecule has 138 valence electrons. The lowest BCUT2D eigenvalue weighted by Gasteiger charge is -2.36. The van der Waals surface area contributed by atoms with Gasteiger partial charge in [-0.1, -0.05) is 12.1 Å². The first-order valence-electron chi connectivity index (χ1n) is 8.77. The van der Waals surface area contributed by atoms with Gasteiger partial charge in [-0.25, -0.2) is 4.39 Å². The predicted molar refractivity (Wildman–Crippen MR) is 99.2 cm³/mol. The van der Waals surface area contributed by atoms with Gasteiger partial charge in [0.1, 0.15) is 11.6 Å². The third kappa shape index (κ3) is 3.44. The van der Waals surface area contributed by atoms with Gasteiger partial charge in [-0.15, -0.1) is 0 Å². The summed E-state index contributed by atoms with van der Waals surface area (Å²) in [5, 5.41) is 3.05. The van der Waals surface area contributed by atoms with Crippen molar-refractivity contribution in [1.29, 1.82) is 0 Å². The summed E-state index contributed by atoms with van der Waals surface area (Å²) >= 11 is 0. The second-order valence-corrected chi connectivity index (χ2v) is 6.80. The van der Waals surface area contributed by atoms with E-state index in [-0.39, 0.29) is 11.7 Å². The summed E-state index contributed by atoms with van der Waals surface area (Å²) in [5.41, 5.74) is 2.77. The lowest BCUT2D eigenvalue weighted by molar-refractivity contribution is -0.125. The molecule has 2 aromatic carbocycles. The van der Waals surface area contributed by atoms with Crippen LogP contribution < -0.4 is 10.1 Å². The first kappa shape index (κ1) is 18.4. The Hall–Kier alpha value is -2.40. The molecule has 0 aromatic heterocycles. The van der Waals surface area contributed by atoms with E-state index in [0.717, 1.165) is 28.1 Å². The fourth-order valence-electron chi connectivity index (χ4n) is 3.73. The second kappa shape index (κ2) is 7.46.